The van der Waals surface area contributed by atoms with E-state index >= 15 is 0 Å². The maximum atomic E-state index is 9.43. The van der Waals surface area contributed by atoms with Gasteiger partial charge < -0.3 is 20.1 Å². The van der Waals surface area contributed by atoms with Crippen LogP contribution >= 0.6 is 11.8 Å². The molecule has 2 N–H and O–H groups in total. The molecule has 1 aromatic rings. The summed E-state index contributed by atoms with van der Waals surface area (Å²) in [5.74, 6) is 0. The molecule has 1 aliphatic heterocycles. The summed E-state index contributed by atoms with van der Waals surface area (Å²) in [6, 6.07) is 8.85. The Morgan fingerprint density at radius 3 is 2.57 bits per heavy atom. The third kappa shape index (κ3) is 5.11. The van der Waals surface area contributed by atoms with Gasteiger partial charge in [0.1, 0.15) is 0 Å². The second kappa shape index (κ2) is 8.92. The van der Waals surface area contributed by atoms with Crippen LogP contribution in [0, 0.1) is 0 Å². The van der Waals surface area contributed by atoms with Crippen molar-refractivity contribution in [3.05, 3.63) is 29.8 Å². The van der Waals surface area contributed by atoms with Crippen molar-refractivity contribution in [2.45, 2.75) is 50.8 Å². The first kappa shape index (κ1) is 18.6. The van der Waals surface area contributed by atoms with Crippen LogP contribution in [0.1, 0.15) is 26.3 Å². The first-order chi connectivity index (χ1) is 11.0. The maximum Gasteiger partial charge on any atom is 0.0726 e. The molecule has 2 rings (SSSR count). The molecule has 4 nitrogen and oxygen atoms in total. The molecule has 0 saturated carbocycles. The number of para-hydroxylation sites is 1. The van der Waals surface area contributed by atoms with E-state index in [0.29, 0.717) is 0 Å². The Balaban J connectivity index is 2.05. The van der Waals surface area contributed by atoms with Crippen LogP contribution in [-0.4, -0.2) is 54.6 Å². The van der Waals surface area contributed by atoms with Gasteiger partial charge in [0.05, 0.1) is 18.8 Å². The monoisotopic (exact) mass is 338 g/mol. The third-order valence-corrected chi connectivity index (χ3v) is 5.57. The number of thioether (sulfide) groups is 1. The quantitative estimate of drug-likeness (QED) is 0.800. The Bertz CT molecular complexity index is 472. The number of benzene rings is 1. The number of rotatable bonds is 7. The Labute approximate surface area is 144 Å². The van der Waals surface area contributed by atoms with Gasteiger partial charge in [-0.15, -0.1) is 0 Å². The average molecular weight is 339 g/mol. The molecule has 130 valence electrons. The number of aliphatic hydroxyl groups is 1. The van der Waals surface area contributed by atoms with Gasteiger partial charge in [-0.05, 0) is 38.7 Å². The summed E-state index contributed by atoms with van der Waals surface area (Å²) in [4.78, 5) is 2.43. The molecule has 5 heteroatoms. The molecule has 1 aromatic carbocycles. The van der Waals surface area contributed by atoms with Crippen LogP contribution < -0.4 is 10.2 Å². The van der Waals surface area contributed by atoms with Crippen LogP contribution in [0.15, 0.2) is 24.3 Å². The highest BCUT2D eigenvalue weighted by Crippen LogP contribution is 2.24. The zero-order chi connectivity index (χ0) is 16.8. The SMILES string of the molecule is CS[C@H](CO)[C@H](C)NCc1ccccc1N1C[C@H](C)O[C@@H](C)C1. The standard InChI is InChI=1S/C18H30N2O2S/c1-13-10-20(11-14(2)22-13)17-8-6-5-7-16(17)9-19-15(3)18(12-21)23-4/h5-8,13-15,18-19,21H,9-12H2,1-4H3/t13-,14-,15-,18+/m0/s1. The fourth-order valence-corrected chi connectivity index (χ4v) is 3.84. The zero-order valence-corrected chi connectivity index (χ0v) is 15.5. The van der Waals surface area contributed by atoms with Crippen molar-refractivity contribution in [3.63, 3.8) is 0 Å². The predicted octanol–water partition coefficient (Wildman–Crippen LogP) is 2.50. The molecule has 0 spiro atoms. The number of ether oxygens (including phenoxy) is 1. The first-order valence-corrected chi connectivity index (χ1v) is 9.69. The van der Waals surface area contributed by atoms with E-state index in [2.05, 4.69) is 55.3 Å². The van der Waals surface area contributed by atoms with Crippen LogP contribution in [0.4, 0.5) is 5.69 Å². The van der Waals surface area contributed by atoms with Crippen LogP contribution in [0.25, 0.3) is 0 Å². The number of hydrogen-bond donors (Lipinski definition) is 2. The van der Waals surface area contributed by atoms with Gasteiger partial charge in [-0.1, -0.05) is 18.2 Å². The summed E-state index contributed by atoms with van der Waals surface area (Å²) in [5, 5.41) is 13.2. The van der Waals surface area contributed by atoms with E-state index in [0.717, 1.165) is 19.6 Å². The summed E-state index contributed by atoms with van der Waals surface area (Å²) in [7, 11) is 0. The number of nitrogens with zero attached hydrogens (tertiary/aromatic N) is 1. The number of anilines is 1. The van der Waals surface area contributed by atoms with Gasteiger partial charge in [-0.2, -0.15) is 11.8 Å². The van der Waals surface area contributed by atoms with Gasteiger partial charge in [-0.25, -0.2) is 0 Å². The van der Waals surface area contributed by atoms with E-state index in [1.165, 1.54) is 11.3 Å². The molecule has 1 fully saturated rings. The Morgan fingerprint density at radius 2 is 1.96 bits per heavy atom. The normalized spacial score (nSPS) is 24.5. The largest absolute Gasteiger partial charge is 0.395 e. The smallest absolute Gasteiger partial charge is 0.0726 e. The molecule has 0 radical (unpaired) electrons. The molecule has 0 bridgehead atoms. The fourth-order valence-electron chi connectivity index (χ4n) is 3.18. The van der Waals surface area contributed by atoms with E-state index in [9.17, 15) is 5.11 Å². The number of nitrogens with one attached hydrogen (secondary N) is 1. The van der Waals surface area contributed by atoms with Crippen molar-refractivity contribution in [1.82, 2.24) is 5.32 Å². The highest BCUT2D eigenvalue weighted by molar-refractivity contribution is 7.99. The minimum atomic E-state index is 0.204. The van der Waals surface area contributed by atoms with Crippen molar-refractivity contribution in [3.8, 4) is 0 Å². The minimum absolute atomic E-state index is 0.204. The molecule has 23 heavy (non-hydrogen) atoms. The molecule has 0 unspecified atom stereocenters. The summed E-state index contributed by atoms with van der Waals surface area (Å²) in [6.07, 6.45) is 2.56. The van der Waals surface area contributed by atoms with Crippen molar-refractivity contribution >= 4 is 17.4 Å². The summed E-state index contributed by atoms with van der Waals surface area (Å²) >= 11 is 1.71. The lowest BCUT2D eigenvalue weighted by molar-refractivity contribution is -0.00526. The zero-order valence-electron chi connectivity index (χ0n) is 14.7. The minimum Gasteiger partial charge on any atom is -0.395 e. The molecular weight excluding hydrogens is 308 g/mol. The predicted molar refractivity (Wildman–Crippen MR) is 99.4 cm³/mol. The molecule has 1 heterocycles. The molecular formula is C18H30N2O2S. The summed E-state index contributed by atoms with van der Waals surface area (Å²) < 4.78 is 5.85. The van der Waals surface area contributed by atoms with Crippen molar-refractivity contribution in [2.75, 3.05) is 30.9 Å². The molecule has 1 aliphatic rings. The topological polar surface area (TPSA) is 44.7 Å². The van der Waals surface area contributed by atoms with Crippen molar-refractivity contribution in [2.24, 2.45) is 0 Å². The number of hydrogen-bond acceptors (Lipinski definition) is 5. The average Bonchev–Trinajstić information content (AvgIpc) is 2.53. The van der Waals surface area contributed by atoms with Gasteiger partial charge in [0.15, 0.2) is 0 Å². The van der Waals surface area contributed by atoms with Gasteiger partial charge in [0, 0.05) is 36.6 Å². The summed E-state index contributed by atoms with van der Waals surface area (Å²) in [6.45, 7) is 9.29. The third-order valence-electron chi connectivity index (χ3n) is 4.41. The Kier molecular flexibility index (Phi) is 7.21. The second-order valence-electron chi connectivity index (χ2n) is 6.42. The second-order valence-corrected chi connectivity index (χ2v) is 7.49. The van der Waals surface area contributed by atoms with Crippen molar-refractivity contribution < 1.29 is 9.84 Å². The summed E-state index contributed by atoms with van der Waals surface area (Å²) in [5.41, 5.74) is 2.59. The van der Waals surface area contributed by atoms with Gasteiger partial charge in [0.25, 0.3) is 0 Å². The van der Waals surface area contributed by atoms with E-state index in [1.807, 2.05) is 6.26 Å². The lowest BCUT2D eigenvalue weighted by Crippen LogP contribution is -2.46. The Morgan fingerprint density at radius 1 is 1.30 bits per heavy atom. The van der Waals surface area contributed by atoms with E-state index in [1.54, 1.807) is 11.8 Å². The maximum absolute atomic E-state index is 9.43. The highest BCUT2D eigenvalue weighted by atomic mass is 32.2. The van der Waals surface area contributed by atoms with Crippen molar-refractivity contribution in [1.29, 1.82) is 0 Å². The number of morpholine rings is 1. The van der Waals surface area contributed by atoms with E-state index in [-0.39, 0.29) is 30.1 Å². The van der Waals surface area contributed by atoms with E-state index in [4.69, 9.17) is 4.74 Å². The molecule has 0 amide bonds. The van der Waals surface area contributed by atoms with Crippen LogP contribution in [-0.2, 0) is 11.3 Å². The van der Waals surface area contributed by atoms with E-state index < -0.39 is 0 Å². The fraction of sp³-hybridized carbons (Fsp3) is 0.667. The van der Waals surface area contributed by atoms with Crippen LogP contribution in [0.5, 0.6) is 0 Å². The molecule has 4 atom stereocenters. The van der Waals surface area contributed by atoms with Crippen LogP contribution in [0.2, 0.25) is 0 Å². The Hall–Kier alpha value is -0.750. The van der Waals surface area contributed by atoms with Gasteiger partial charge in [0.2, 0.25) is 0 Å². The van der Waals surface area contributed by atoms with Gasteiger partial charge in [-0.3, -0.25) is 0 Å². The number of aliphatic hydroxyl groups excluding tert-OH is 1. The molecule has 0 aliphatic carbocycles. The molecule has 1 saturated heterocycles. The highest BCUT2D eigenvalue weighted by Gasteiger charge is 2.24. The lowest BCUT2D eigenvalue weighted by atomic mass is 10.1. The lowest BCUT2D eigenvalue weighted by Gasteiger charge is -2.38. The van der Waals surface area contributed by atoms with Gasteiger partial charge >= 0.3 is 0 Å². The first-order valence-electron chi connectivity index (χ1n) is 8.40. The molecule has 0 aromatic heterocycles. The van der Waals surface area contributed by atoms with Crippen LogP contribution in [0.3, 0.4) is 0 Å².